The molecule has 2 heterocycles. The molecule has 5 rings (SSSR count). The molecule has 34 heavy (non-hydrogen) atoms. The molecule has 0 aromatic heterocycles. The number of halogens is 1. The van der Waals surface area contributed by atoms with E-state index < -0.39 is 27.9 Å². The summed E-state index contributed by atoms with van der Waals surface area (Å²) in [6, 6.07) is 18.3. The second-order valence-corrected chi connectivity index (χ2v) is 11.6. The maximum Gasteiger partial charge on any atom is 0.252 e. The van der Waals surface area contributed by atoms with Crippen LogP contribution in [0.1, 0.15) is 19.3 Å². The summed E-state index contributed by atoms with van der Waals surface area (Å²) in [5.41, 5.74) is 0.443. The topological polar surface area (TPSA) is 84.0 Å². The summed E-state index contributed by atoms with van der Waals surface area (Å²) in [4.78, 5) is 27.6. The zero-order valence-corrected chi connectivity index (χ0v) is 21.2. The van der Waals surface area contributed by atoms with Crippen molar-refractivity contribution in [3.05, 3.63) is 70.3 Å². The SMILES string of the molecule is O=C1CC(N(CC2CCCO2)S(=O)(=O)c2ccc3ccccc3c2)C(=O)N1c1ccc(I)cc1. The fourth-order valence-electron chi connectivity index (χ4n) is 4.55. The van der Waals surface area contributed by atoms with E-state index in [0.29, 0.717) is 18.7 Å². The van der Waals surface area contributed by atoms with Gasteiger partial charge in [-0.3, -0.25) is 9.59 Å². The Morgan fingerprint density at radius 1 is 1.00 bits per heavy atom. The number of rotatable bonds is 6. The molecular formula is C25H23IN2O5S. The first kappa shape index (κ1) is 23.4. The van der Waals surface area contributed by atoms with E-state index in [1.54, 1.807) is 42.5 Å². The first-order valence-corrected chi connectivity index (χ1v) is 13.6. The number of benzene rings is 3. The molecule has 7 nitrogen and oxygen atoms in total. The van der Waals surface area contributed by atoms with Gasteiger partial charge in [0.2, 0.25) is 15.9 Å². The van der Waals surface area contributed by atoms with Gasteiger partial charge in [0, 0.05) is 16.7 Å². The van der Waals surface area contributed by atoms with Crippen molar-refractivity contribution in [3.8, 4) is 0 Å². The number of hydrogen-bond acceptors (Lipinski definition) is 5. The zero-order valence-electron chi connectivity index (χ0n) is 18.3. The largest absolute Gasteiger partial charge is 0.377 e. The third kappa shape index (κ3) is 4.37. The van der Waals surface area contributed by atoms with E-state index >= 15 is 0 Å². The van der Waals surface area contributed by atoms with E-state index in [2.05, 4.69) is 22.6 Å². The number of imide groups is 1. The van der Waals surface area contributed by atoms with Crippen molar-refractivity contribution in [3.63, 3.8) is 0 Å². The lowest BCUT2D eigenvalue weighted by atomic mass is 10.1. The molecule has 2 unspecified atom stereocenters. The Hall–Kier alpha value is -2.34. The van der Waals surface area contributed by atoms with Crippen LogP contribution in [0.3, 0.4) is 0 Å². The minimum atomic E-state index is -4.08. The monoisotopic (exact) mass is 590 g/mol. The van der Waals surface area contributed by atoms with Crippen LogP contribution in [-0.2, 0) is 24.3 Å². The third-order valence-electron chi connectivity index (χ3n) is 6.29. The molecule has 0 spiro atoms. The van der Waals surface area contributed by atoms with Crippen LogP contribution in [0, 0.1) is 3.57 Å². The second kappa shape index (κ2) is 9.37. The van der Waals surface area contributed by atoms with Gasteiger partial charge in [-0.1, -0.05) is 30.3 Å². The minimum absolute atomic E-state index is 0.0272. The number of ether oxygens (including phenoxy) is 1. The predicted molar refractivity (Wildman–Crippen MR) is 137 cm³/mol. The lowest BCUT2D eigenvalue weighted by molar-refractivity contribution is -0.122. The fourth-order valence-corrected chi connectivity index (χ4v) is 6.56. The normalized spacial score (nSPS) is 21.2. The van der Waals surface area contributed by atoms with E-state index in [0.717, 1.165) is 25.7 Å². The fraction of sp³-hybridized carbons (Fsp3) is 0.280. The number of sulfonamides is 1. The molecule has 0 N–H and O–H groups in total. The quantitative estimate of drug-likeness (QED) is 0.321. The number of fused-ring (bicyclic) bond motifs is 1. The number of amides is 2. The van der Waals surface area contributed by atoms with E-state index in [9.17, 15) is 18.0 Å². The lowest BCUT2D eigenvalue weighted by Crippen LogP contribution is -2.48. The van der Waals surface area contributed by atoms with Gasteiger partial charge in [0.15, 0.2) is 0 Å². The van der Waals surface area contributed by atoms with Gasteiger partial charge in [0.05, 0.1) is 23.1 Å². The summed E-state index contributed by atoms with van der Waals surface area (Å²) in [7, 11) is -4.08. The van der Waals surface area contributed by atoms with Crippen molar-refractivity contribution in [2.75, 3.05) is 18.1 Å². The van der Waals surface area contributed by atoms with Crippen LogP contribution >= 0.6 is 22.6 Å². The molecule has 0 aliphatic carbocycles. The molecule has 9 heteroatoms. The molecule has 2 fully saturated rings. The molecule has 0 radical (unpaired) electrons. The van der Waals surface area contributed by atoms with E-state index in [1.165, 1.54) is 4.31 Å². The summed E-state index contributed by atoms with van der Waals surface area (Å²) >= 11 is 2.15. The molecule has 2 amide bonds. The van der Waals surface area contributed by atoms with Gasteiger partial charge < -0.3 is 4.74 Å². The van der Waals surface area contributed by atoms with Crippen molar-refractivity contribution < 1.29 is 22.7 Å². The Bertz CT molecular complexity index is 1350. The standard InChI is InChI=1S/C25H23IN2O5S/c26-19-8-10-20(11-9-19)28-24(29)15-23(25(28)30)27(16-21-6-3-13-33-21)34(31,32)22-12-7-17-4-1-2-5-18(17)14-22/h1-2,4-5,7-12,14,21,23H,3,6,13,15-16H2. The summed E-state index contributed by atoms with van der Waals surface area (Å²) in [6.45, 7) is 0.584. The van der Waals surface area contributed by atoms with Gasteiger partial charge in [0.25, 0.3) is 5.91 Å². The Morgan fingerprint density at radius 3 is 2.44 bits per heavy atom. The smallest absolute Gasteiger partial charge is 0.252 e. The third-order valence-corrected chi connectivity index (χ3v) is 8.88. The Balaban J connectivity index is 1.53. The summed E-state index contributed by atoms with van der Waals surface area (Å²) in [5.74, 6) is -0.948. The average Bonchev–Trinajstić information content (AvgIpc) is 3.45. The maximum atomic E-state index is 13.9. The highest BCUT2D eigenvalue weighted by molar-refractivity contribution is 14.1. The molecular weight excluding hydrogens is 567 g/mol. The summed E-state index contributed by atoms with van der Waals surface area (Å²) in [6.07, 6.45) is 1.02. The van der Waals surface area contributed by atoms with Gasteiger partial charge in [-0.05, 0) is 82.6 Å². The summed E-state index contributed by atoms with van der Waals surface area (Å²) < 4.78 is 35.6. The van der Waals surface area contributed by atoms with Crippen LogP contribution in [0.5, 0.6) is 0 Å². The molecule has 2 saturated heterocycles. The molecule has 0 bridgehead atoms. The number of nitrogens with zero attached hydrogens (tertiary/aromatic N) is 2. The van der Waals surface area contributed by atoms with Crippen LogP contribution in [0.25, 0.3) is 10.8 Å². The van der Waals surface area contributed by atoms with Crippen molar-refractivity contribution in [2.45, 2.75) is 36.3 Å². The van der Waals surface area contributed by atoms with Crippen molar-refractivity contribution in [1.82, 2.24) is 4.31 Å². The van der Waals surface area contributed by atoms with Crippen LogP contribution in [0.4, 0.5) is 5.69 Å². The van der Waals surface area contributed by atoms with Crippen LogP contribution in [0.2, 0.25) is 0 Å². The maximum absolute atomic E-state index is 13.9. The van der Waals surface area contributed by atoms with Gasteiger partial charge in [0.1, 0.15) is 6.04 Å². The van der Waals surface area contributed by atoms with Crippen molar-refractivity contribution in [1.29, 1.82) is 0 Å². The number of hydrogen-bond donors (Lipinski definition) is 0. The Morgan fingerprint density at radius 2 is 1.74 bits per heavy atom. The molecule has 0 saturated carbocycles. The van der Waals surface area contributed by atoms with Gasteiger partial charge in [-0.2, -0.15) is 4.31 Å². The second-order valence-electron chi connectivity index (χ2n) is 8.48. The molecule has 176 valence electrons. The molecule has 3 aromatic carbocycles. The molecule has 2 aliphatic rings. The minimum Gasteiger partial charge on any atom is -0.377 e. The van der Waals surface area contributed by atoms with Crippen LogP contribution < -0.4 is 4.90 Å². The number of carbonyl (C=O) groups is 2. The first-order chi connectivity index (χ1) is 16.3. The summed E-state index contributed by atoms with van der Waals surface area (Å²) in [5, 5.41) is 1.71. The van der Waals surface area contributed by atoms with Gasteiger partial charge in [-0.15, -0.1) is 0 Å². The zero-order chi connectivity index (χ0) is 23.9. The van der Waals surface area contributed by atoms with Crippen LogP contribution in [-0.4, -0.2) is 49.8 Å². The Kier molecular flexibility index (Phi) is 6.45. The molecule has 3 aromatic rings. The Labute approximate surface area is 211 Å². The predicted octanol–water partition coefficient (Wildman–Crippen LogP) is 3.95. The average molecular weight is 590 g/mol. The van der Waals surface area contributed by atoms with Crippen molar-refractivity contribution >= 4 is 60.9 Å². The highest BCUT2D eigenvalue weighted by atomic mass is 127. The lowest BCUT2D eigenvalue weighted by Gasteiger charge is -2.29. The molecule has 2 aliphatic heterocycles. The van der Waals surface area contributed by atoms with E-state index in [4.69, 9.17) is 4.74 Å². The van der Waals surface area contributed by atoms with E-state index in [1.807, 2.05) is 24.3 Å². The highest BCUT2D eigenvalue weighted by Crippen LogP contribution is 2.32. The first-order valence-electron chi connectivity index (χ1n) is 11.1. The molecule has 2 atom stereocenters. The highest BCUT2D eigenvalue weighted by Gasteiger charge is 2.47. The number of anilines is 1. The van der Waals surface area contributed by atoms with Gasteiger partial charge >= 0.3 is 0 Å². The van der Waals surface area contributed by atoms with Gasteiger partial charge in [-0.25, -0.2) is 13.3 Å². The van der Waals surface area contributed by atoms with E-state index in [-0.39, 0.29) is 24.0 Å². The number of carbonyl (C=O) groups excluding carboxylic acids is 2. The van der Waals surface area contributed by atoms with Crippen molar-refractivity contribution in [2.24, 2.45) is 0 Å². The van der Waals surface area contributed by atoms with Crippen LogP contribution in [0.15, 0.2) is 71.6 Å².